The second kappa shape index (κ2) is 6.20. The van der Waals surface area contributed by atoms with Crippen LogP contribution in [0.1, 0.15) is 29.7 Å². The molecule has 5 heteroatoms. The zero-order valence-electron chi connectivity index (χ0n) is 12.9. The summed E-state index contributed by atoms with van der Waals surface area (Å²) in [6.07, 6.45) is 7.38. The number of aryl methyl sites for hydroxylation is 1. The largest absolute Gasteiger partial charge is 0.361 e. The molecule has 1 aliphatic carbocycles. The number of rotatable bonds is 4. The first-order valence-corrected chi connectivity index (χ1v) is 8.53. The molecule has 0 radical (unpaired) electrons. The highest BCUT2D eigenvalue weighted by molar-refractivity contribution is 6.30. The van der Waals surface area contributed by atoms with Crippen LogP contribution in [0.15, 0.2) is 30.5 Å². The van der Waals surface area contributed by atoms with E-state index in [-0.39, 0.29) is 0 Å². The van der Waals surface area contributed by atoms with E-state index >= 15 is 0 Å². The van der Waals surface area contributed by atoms with E-state index in [1.807, 2.05) is 6.07 Å². The summed E-state index contributed by atoms with van der Waals surface area (Å²) in [5, 5.41) is 5.21. The van der Waals surface area contributed by atoms with E-state index in [9.17, 15) is 0 Å². The van der Waals surface area contributed by atoms with Gasteiger partial charge in [0.2, 0.25) is 5.95 Å². The molecule has 0 saturated carbocycles. The molecule has 2 aromatic heterocycles. The van der Waals surface area contributed by atoms with Crippen molar-refractivity contribution in [3.05, 3.63) is 52.4 Å². The van der Waals surface area contributed by atoms with E-state index < -0.39 is 0 Å². The zero-order chi connectivity index (χ0) is 15.6. The van der Waals surface area contributed by atoms with Crippen LogP contribution in [0.4, 0.5) is 5.95 Å². The molecule has 118 valence electrons. The molecule has 0 spiro atoms. The maximum Gasteiger partial charge on any atom is 0.224 e. The predicted molar refractivity (Wildman–Crippen MR) is 94.2 cm³/mol. The van der Waals surface area contributed by atoms with Crippen molar-refractivity contribution in [3.8, 4) is 0 Å². The van der Waals surface area contributed by atoms with Gasteiger partial charge in [0.1, 0.15) is 5.15 Å². The maximum absolute atomic E-state index is 6.31. The molecule has 2 heterocycles. The number of nitrogens with one attached hydrogen (secondary N) is 2. The molecule has 0 unspecified atom stereocenters. The van der Waals surface area contributed by atoms with Gasteiger partial charge < -0.3 is 10.3 Å². The van der Waals surface area contributed by atoms with Crippen molar-refractivity contribution in [2.75, 3.05) is 11.9 Å². The molecule has 1 aromatic carbocycles. The summed E-state index contributed by atoms with van der Waals surface area (Å²) in [6, 6.07) is 8.36. The Morgan fingerprint density at radius 2 is 2.00 bits per heavy atom. The highest BCUT2D eigenvalue weighted by atomic mass is 35.5. The number of halogens is 1. The van der Waals surface area contributed by atoms with Crippen LogP contribution in [0.2, 0.25) is 5.15 Å². The number of fused-ring (bicyclic) bond motifs is 2. The highest BCUT2D eigenvalue weighted by Gasteiger charge is 2.16. The standard InChI is InChI=1S/C18H19ClN4/c19-17-14-6-2-4-8-16(14)22-18(23-17)20-10-9-12-11-21-15-7-3-1-5-13(12)15/h1,3,5,7,11,21H,2,4,6,8-10H2,(H,20,22,23). The molecule has 2 N–H and O–H groups in total. The Kier molecular flexibility index (Phi) is 3.92. The molecule has 23 heavy (non-hydrogen) atoms. The van der Waals surface area contributed by atoms with Crippen molar-refractivity contribution in [2.24, 2.45) is 0 Å². The average Bonchev–Trinajstić information content (AvgIpc) is 2.98. The predicted octanol–water partition coefficient (Wildman–Crippen LogP) is 4.14. The fourth-order valence-corrected chi connectivity index (χ4v) is 3.56. The normalized spacial score (nSPS) is 14.0. The lowest BCUT2D eigenvalue weighted by atomic mass is 9.97. The van der Waals surface area contributed by atoms with E-state index in [0.29, 0.717) is 11.1 Å². The second-order valence-electron chi connectivity index (χ2n) is 6.01. The van der Waals surface area contributed by atoms with Gasteiger partial charge in [0.25, 0.3) is 0 Å². The first-order chi connectivity index (χ1) is 11.3. The summed E-state index contributed by atoms with van der Waals surface area (Å²) >= 11 is 6.31. The average molecular weight is 327 g/mol. The monoisotopic (exact) mass is 326 g/mol. The molecule has 0 aliphatic heterocycles. The topological polar surface area (TPSA) is 53.6 Å². The Morgan fingerprint density at radius 3 is 2.96 bits per heavy atom. The van der Waals surface area contributed by atoms with Gasteiger partial charge in [-0.2, -0.15) is 0 Å². The van der Waals surface area contributed by atoms with Crippen LogP contribution in [0.3, 0.4) is 0 Å². The lowest BCUT2D eigenvalue weighted by Crippen LogP contribution is -2.13. The number of H-pyrrole nitrogens is 1. The van der Waals surface area contributed by atoms with Crippen molar-refractivity contribution in [1.82, 2.24) is 15.0 Å². The fraction of sp³-hybridized carbons (Fsp3) is 0.333. The van der Waals surface area contributed by atoms with Gasteiger partial charge in [-0.05, 0) is 43.7 Å². The Bertz CT molecular complexity index is 840. The third-order valence-corrected chi connectivity index (χ3v) is 4.80. The Morgan fingerprint density at radius 1 is 1.13 bits per heavy atom. The minimum Gasteiger partial charge on any atom is -0.361 e. The molecule has 0 bridgehead atoms. The van der Waals surface area contributed by atoms with Gasteiger partial charge in [-0.1, -0.05) is 29.8 Å². The molecule has 3 aromatic rings. The van der Waals surface area contributed by atoms with Crippen molar-refractivity contribution >= 4 is 28.5 Å². The summed E-state index contributed by atoms with van der Waals surface area (Å²) in [5.41, 5.74) is 4.73. The molecule has 0 atom stereocenters. The number of benzene rings is 1. The summed E-state index contributed by atoms with van der Waals surface area (Å²) in [6.45, 7) is 0.789. The van der Waals surface area contributed by atoms with Crippen LogP contribution in [0.5, 0.6) is 0 Å². The van der Waals surface area contributed by atoms with Gasteiger partial charge in [0.15, 0.2) is 0 Å². The SMILES string of the molecule is Clc1nc(NCCc2c[nH]c3ccccc23)nc2c1CCCC2. The molecular formula is C18H19ClN4. The smallest absolute Gasteiger partial charge is 0.224 e. The number of para-hydroxylation sites is 1. The second-order valence-corrected chi connectivity index (χ2v) is 6.36. The molecule has 4 nitrogen and oxygen atoms in total. The van der Waals surface area contributed by atoms with Crippen LogP contribution < -0.4 is 5.32 Å². The lowest BCUT2D eigenvalue weighted by molar-refractivity contribution is 0.663. The van der Waals surface area contributed by atoms with Crippen LogP contribution in [0, 0.1) is 0 Å². The minimum absolute atomic E-state index is 0.615. The third kappa shape index (κ3) is 2.91. The van der Waals surface area contributed by atoms with Gasteiger partial charge in [0, 0.05) is 29.2 Å². The minimum atomic E-state index is 0.615. The highest BCUT2D eigenvalue weighted by Crippen LogP contribution is 2.26. The van der Waals surface area contributed by atoms with Gasteiger partial charge in [-0.25, -0.2) is 9.97 Å². The van der Waals surface area contributed by atoms with E-state index in [1.54, 1.807) is 0 Å². The molecule has 0 amide bonds. The molecule has 1 aliphatic rings. The Hall–Kier alpha value is -2.07. The maximum atomic E-state index is 6.31. The van der Waals surface area contributed by atoms with Crippen molar-refractivity contribution < 1.29 is 0 Å². The third-order valence-electron chi connectivity index (χ3n) is 4.49. The van der Waals surface area contributed by atoms with Gasteiger partial charge in [-0.3, -0.25) is 0 Å². The van der Waals surface area contributed by atoms with Gasteiger partial charge >= 0.3 is 0 Å². The zero-order valence-corrected chi connectivity index (χ0v) is 13.7. The van der Waals surface area contributed by atoms with Crippen molar-refractivity contribution in [3.63, 3.8) is 0 Å². The van der Waals surface area contributed by atoms with Crippen LogP contribution >= 0.6 is 11.6 Å². The lowest BCUT2D eigenvalue weighted by Gasteiger charge is -2.16. The summed E-state index contributed by atoms with van der Waals surface area (Å²) in [5.74, 6) is 0.649. The number of aromatic amines is 1. The van der Waals surface area contributed by atoms with Crippen molar-refractivity contribution in [2.45, 2.75) is 32.1 Å². The number of hydrogen-bond donors (Lipinski definition) is 2. The number of aromatic nitrogens is 3. The summed E-state index contributed by atoms with van der Waals surface area (Å²) in [7, 11) is 0. The summed E-state index contributed by atoms with van der Waals surface area (Å²) < 4.78 is 0. The van der Waals surface area contributed by atoms with Crippen molar-refractivity contribution in [1.29, 1.82) is 0 Å². The number of nitrogens with zero attached hydrogens (tertiary/aromatic N) is 2. The van der Waals surface area contributed by atoms with E-state index in [1.165, 1.54) is 29.3 Å². The quantitative estimate of drug-likeness (QED) is 0.708. The Balaban J connectivity index is 1.46. The van der Waals surface area contributed by atoms with E-state index in [2.05, 4.69) is 44.7 Å². The Labute approximate surface area is 140 Å². The molecular weight excluding hydrogens is 308 g/mol. The van der Waals surface area contributed by atoms with Crippen LogP contribution in [-0.4, -0.2) is 21.5 Å². The number of anilines is 1. The van der Waals surface area contributed by atoms with Gasteiger partial charge in [0.05, 0.1) is 5.69 Å². The first-order valence-electron chi connectivity index (χ1n) is 8.15. The number of hydrogen-bond acceptors (Lipinski definition) is 3. The molecule has 4 rings (SSSR count). The molecule has 0 saturated heterocycles. The van der Waals surface area contributed by atoms with Gasteiger partial charge in [-0.15, -0.1) is 0 Å². The van der Waals surface area contributed by atoms with Crippen LogP contribution in [0.25, 0.3) is 10.9 Å². The molecule has 0 fully saturated rings. The first kappa shape index (κ1) is 14.5. The van der Waals surface area contributed by atoms with Crippen LogP contribution in [-0.2, 0) is 19.3 Å². The van der Waals surface area contributed by atoms with E-state index in [0.717, 1.165) is 37.1 Å². The fourth-order valence-electron chi connectivity index (χ4n) is 3.27. The van der Waals surface area contributed by atoms with E-state index in [4.69, 9.17) is 11.6 Å². The summed E-state index contributed by atoms with van der Waals surface area (Å²) in [4.78, 5) is 12.4.